The van der Waals surface area contributed by atoms with Gasteiger partial charge in [0.05, 0.1) is 6.04 Å². The van der Waals surface area contributed by atoms with Crippen molar-refractivity contribution in [1.29, 1.82) is 0 Å². The number of nitrogens with zero attached hydrogens (tertiary/aromatic N) is 2. The molecule has 0 bridgehead atoms. The van der Waals surface area contributed by atoms with Gasteiger partial charge in [-0.3, -0.25) is 9.69 Å². The first-order chi connectivity index (χ1) is 11.0. The van der Waals surface area contributed by atoms with E-state index in [2.05, 4.69) is 22.3 Å². The van der Waals surface area contributed by atoms with Gasteiger partial charge in [0.25, 0.3) is 0 Å². The van der Waals surface area contributed by atoms with Gasteiger partial charge in [-0.15, -0.1) is 0 Å². The molecular formula is C17H26N4O2. The molecule has 2 atom stereocenters. The van der Waals surface area contributed by atoms with E-state index in [1.807, 2.05) is 32.2 Å². The van der Waals surface area contributed by atoms with E-state index in [4.69, 9.17) is 5.73 Å². The molecule has 1 aromatic rings. The van der Waals surface area contributed by atoms with Gasteiger partial charge in [0.15, 0.2) is 0 Å². The van der Waals surface area contributed by atoms with Crippen molar-refractivity contribution in [3.63, 3.8) is 0 Å². The monoisotopic (exact) mass is 318 g/mol. The summed E-state index contributed by atoms with van der Waals surface area (Å²) in [5.41, 5.74) is 6.46. The molecule has 1 saturated heterocycles. The van der Waals surface area contributed by atoms with E-state index in [0.717, 1.165) is 19.4 Å². The van der Waals surface area contributed by atoms with Gasteiger partial charge >= 0.3 is 6.03 Å². The Kier molecular flexibility index (Phi) is 5.98. The summed E-state index contributed by atoms with van der Waals surface area (Å²) in [6, 6.07) is 9.49. The summed E-state index contributed by atoms with van der Waals surface area (Å²) in [5.74, 6) is 0.0160. The van der Waals surface area contributed by atoms with Gasteiger partial charge in [-0.05, 0) is 25.5 Å². The van der Waals surface area contributed by atoms with Gasteiger partial charge in [0.1, 0.15) is 0 Å². The maximum absolute atomic E-state index is 12.6. The van der Waals surface area contributed by atoms with Gasteiger partial charge < -0.3 is 16.0 Å². The first-order valence-corrected chi connectivity index (χ1v) is 8.10. The lowest BCUT2D eigenvalue weighted by atomic mass is 10.1. The van der Waals surface area contributed by atoms with Crippen LogP contribution in [0.25, 0.3) is 0 Å². The van der Waals surface area contributed by atoms with Crippen LogP contribution in [0.3, 0.4) is 0 Å². The smallest absolute Gasteiger partial charge is 0.314 e. The van der Waals surface area contributed by atoms with Crippen LogP contribution in [0.15, 0.2) is 30.3 Å². The minimum Gasteiger partial charge on any atom is -0.351 e. The highest BCUT2D eigenvalue weighted by Gasteiger charge is 2.29. The summed E-state index contributed by atoms with van der Waals surface area (Å²) in [4.78, 5) is 27.3. The molecule has 3 amide bonds. The van der Waals surface area contributed by atoms with Gasteiger partial charge in [-0.25, -0.2) is 4.79 Å². The number of nitrogens with two attached hydrogens (primary N) is 1. The number of primary amides is 1. The van der Waals surface area contributed by atoms with Gasteiger partial charge in [-0.2, -0.15) is 0 Å². The highest BCUT2D eigenvalue weighted by molar-refractivity contribution is 5.82. The van der Waals surface area contributed by atoms with Crippen LogP contribution in [0.5, 0.6) is 0 Å². The molecule has 2 unspecified atom stereocenters. The quantitative estimate of drug-likeness (QED) is 0.826. The third-order valence-corrected chi connectivity index (χ3v) is 4.34. The molecule has 0 aromatic heterocycles. The Morgan fingerprint density at radius 2 is 2.09 bits per heavy atom. The number of hydrogen-bond donors (Lipinski definition) is 2. The summed E-state index contributed by atoms with van der Waals surface area (Å²) in [5, 5.41) is 3.05. The summed E-state index contributed by atoms with van der Waals surface area (Å²) >= 11 is 0. The van der Waals surface area contributed by atoms with Gasteiger partial charge in [-0.1, -0.05) is 37.3 Å². The Balaban J connectivity index is 1.89. The van der Waals surface area contributed by atoms with Crippen molar-refractivity contribution in [1.82, 2.24) is 15.1 Å². The van der Waals surface area contributed by atoms with Crippen LogP contribution in [0, 0.1) is 0 Å². The Bertz CT molecular complexity index is 535. The first-order valence-electron chi connectivity index (χ1n) is 8.10. The van der Waals surface area contributed by atoms with E-state index in [9.17, 15) is 9.59 Å². The number of benzene rings is 1. The van der Waals surface area contributed by atoms with Crippen molar-refractivity contribution >= 4 is 11.9 Å². The number of likely N-dealkylation sites (N-methyl/N-ethyl adjacent to an activating group) is 1. The number of carbonyl (C=O) groups is 2. The normalized spacial score (nSPS) is 18.9. The predicted molar refractivity (Wildman–Crippen MR) is 89.7 cm³/mol. The lowest BCUT2D eigenvalue weighted by molar-refractivity contribution is -0.126. The zero-order valence-electron chi connectivity index (χ0n) is 13.9. The van der Waals surface area contributed by atoms with Crippen molar-refractivity contribution in [2.45, 2.75) is 38.4 Å². The second-order valence-electron chi connectivity index (χ2n) is 6.10. The average molecular weight is 318 g/mol. The molecule has 0 spiro atoms. The fourth-order valence-corrected chi connectivity index (χ4v) is 3.05. The number of carbonyl (C=O) groups excluding carboxylic acids is 2. The van der Waals surface area contributed by atoms with Crippen LogP contribution in [0.2, 0.25) is 0 Å². The highest BCUT2D eigenvalue weighted by atomic mass is 16.2. The van der Waals surface area contributed by atoms with Crippen LogP contribution < -0.4 is 11.1 Å². The van der Waals surface area contributed by atoms with Crippen LogP contribution in [-0.2, 0) is 11.3 Å². The minimum atomic E-state index is -0.421. The van der Waals surface area contributed by atoms with E-state index in [1.54, 1.807) is 4.90 Å². The minimum absolute atomic E-state index is 0.00539. The third kappa shape index (κ3) is 4.69. The molecule has 0 saturated carbocycles. The maximum Gasteiger partial charge on any atom is 0.314 e. The van der Waals surface area contributed by atoms with Crippen molar-refractivity contribution < 1.29 is 9.59 Å². The van der Waals surface area contributed by atoms with Gasteiger partial charge in [0.2, 0.25) is 5.91 Å². The number of urea groups is 1. The molecule has 6 heteroatoms. The second kappa shape index (κ2) is 7.97. The van der Waals surface area contributed by atoms with Crippen molar-refractivity contribution in [3.8, 4) is 0 Å². The molecule has 6 nitrogen and oxygen atoms in total. The fourth-order valence-electron chi connectivity index (χ4n) is 3.05. The Morgan fingerprint density at radius 1 is 1.39 bits per heavy atom. The fraction of sp³-hybridized carbons (Fsp3) is 0.529. The zero-order valence-corrected chi connectivity index (χ0v) is 13.9. The Morgan fingerprint density at radius 3 is 2.65 bits per heavy atom. The number of amides is 3. The Hall–Kier alpha value is -2.08. The molecule has 0 aliphatic carbocycles. The van der Waals surface area contributed by atoms with Crippen LogP contribution in [-0.4, -0.2) is 54.0 Å². The van der Waals surface area contributed by atoms with Crippen molar-refractivity contribution in [2.24, 2.45) is 5.73 Å². The standard InChI is InChI=1S/C17H26N4O2/c1-3-15(20(2)11-13-7-5-4-6-8-13)16(22)19-14-9-10-21(12-14)17(18)23/h4-8,14-15H,3,9-12H2,1-2H3,(H2,18,23)(H,19,22). The van der Waals surface area contributed by atoms with Crippen molar-refractivity contribution in [3.05, 3.63) is 35.9 Å². The molecule has 1 fully saturated rings. The maximum atomic E-state index is 12.6. The molecule has 1 aliphatic rings. The molecule has 1 heterocycles. The molecule has 1 aliphatic heterocycles. The molecule has 23 heavy (non-hydrogen) atoms. The first kappa shape index (κ1) is 17.3. The lowest BCUT2D eigenvalue weighted by Gasteiger charge is -2.27. The van der Waals surface area contributed by atoms with E-state index >= 15 is 0 Å². The zero-order chi connectivity index (χ0) is 16.8. The molecule has 0 radical (unpaired) electrons. The SMILES string of the molecule is CCC(C(=O)NC1CCN(C(N)=O)C1)N(C)Cc1ccccc1. The third-order valence-electron chi connectivity index (χ3n) is 4.34. The summed E-state index contributed by atoms with van der Waals surface area (Å²) < 4.78 is 0. The highest BCUT2D eigenvalue weighted by Crippen LogP contribution is 2.12. The predicted octanol–water partition coefficient (Wildman–Crippen LogP) is 1.17. The molecule has 3 N–H and O–H groups in total. The topological polar surface area (TPSA) is 78.7 Å². The van der Waals surface area contributed by atoms with Crippen LogP contribution in [0.4, 0.5) is 4.79 Å². The molecule has 1 aromatic carbocycles. The number of likely N-dealkylation sites (tertiary alicyclic amines) is 1. The van der Waals surface area contributed by atoms with Gasteiger partial charge in [0, 0.05) is 25.7 Å². The average Bonchev–Trinajstić information content (AvgIpc) is 2.97. The van der Waals surface area contributed by atoms with E-state index in [0.29, 0.717) is 13.1 Å². The number of hydrogen-bond acceptors (Lipinski definition) is 3. The molecule has 2 rings (SSSR count). The number of nitrogens with one attached hydrogen (secondary N) is 1. The summed E-state index contributed by atoms with van der Waals surface area (Å²) in [6.45, 7) is 3.85. The van der Waals surface area contributed by atoms with E-state index in [1.165, 1.54) is 5.56 Å². The summed E-state index contributed by atoms with van der Waals surface area (Å²) in [7, 11) is 1.96. The van der Waals surface area contributed by atoms with E-state index < -0.39 is 6.03 Å². The van der Waals surface area contributed by atoms with Crippen LogP contribution >= 0.6 is 0 Å². The summed E-state index contributed by atoms with van der Waals surface area (Å²) in [6.07, 6.45) is 1.49. The molecule has 126 valence electrons. The van der Waals surface area contributed by atoms with Crippen LogP contribution in [0.1, 0.15) is 25.3 Å². The Labute approximate surface area is 137 Å². The molecular weight excluding hydrogens is 292 g/mol. The largest absolute Gasteiger partial charge is 0.351 e. The second-order valence-corrected chi connectivity index (χ2v) is 6.10. The van der Waals surface area contributed by atoms with E-state index in [-0.39, 0.29) is 18.0 Å². The van der Waals surface area contributed by atoms with Crippen molar-refractivity contribution in [2.75, 3.05) is 20.1 Å². The lowest BCUT2D eigenvalue weighted by Crippen LogP contribution is -2.49. The number of rotatable bonds is 6.